The van der Waals surface area contributed by atoms with Crippen LogP contribution in [0.4, 0.5) is 0 Å². The van der Waals surface area contributed by atoms with Gasteiger partial charge in [-0.3, -0.25) is 9.59 Å². The minimum atomic E-state index is -0.674. The molecule has 7 nitrogen and oxygen atoms in total. The maximum Gasteiger partial charge on any atom is 0.278 e. The van der Waals surface area contributed by atoms with Crippen molar-refractivity contribution in [1.82, 2.24) is 24.9 Å². The number of carbonyl (C=O) groups is 1. The highest BCUT2D eigenvalue weighted by Crippen LogP contribution is 2.21. The van der Waals surface area contributed by atoms with Gasteiger partial charge in [-0.1, -0.05) is 37.5 Å². The Bertz CT molecular complexity index is 1090. The normalized spacial score (nSPS) is 16.1. The molecule has 0 aliphatic heterocycles. The zero-order valence-corrected chi connectivity index (χ0v) is 17.2. The van der Waals surface area contributed by atoms with E-state index in [9.17, 15) is 9.59 Å². The van der Waals surface area contributed by atoms with Crippen LogP contribution in [0.5, 0.6) is 0 Å². The summed E-state index contributed by atoms with van der Waals surface area (Å²) in [6.45, 7) is 5.43. The quantitative estimate of drug-likeness (QED) is 0.738. The summed E-state index contributed by atoms with van der Waals surface area (Å²) in [5, 5.41) is 12.7. The highest BCUT2D eigenvalue weighted by Gasteiger charge is 2.25. The Balaban J connectivity index is 1.72. The van der Waals surface area contributed by atoms with Crippen molar-refractivity contribution < 1.29 is 4.79 Å². The van der Waals surface area contributed by atoms with E-state index in [1.165, 1.54) is 11.1 Å². The van der Waals surface area contributed by atoms with Crippen LogP contribution in [0.2, 0.25) is 0 Å². The molecule has 152 valence electrons. The van der Waals surface area contributed by atoms with Crippen molar-refractivity contribution in [3.05, 3.63) is 52.1 Å². The number of nitrogens with one attached hydrogen (secondary N) is 1. The van der Waals surface area contributed by atoms with Crippen molar-refractivity contribution in [3.8, 4) is 5.69 Å². The Morgan fingerprint density at radius 2 is 1.79 bits per heavy atom. The zero-order valence-electron chi connectivity index (χ0n) is 17.2. The molecule has 0 spiro atoms. The Morgan fingerprint density at radius 3 is 2.48 bits per heavy atom. The Hall–Kier alpha value is -2.96. The molecule has 1 fully saturated rings. The van der Waals surface area contributed by atoms with Gasteiger partial charge in [0.15, 0.2) is 0 Å². The smallest absolute Gasteiger partial charge is 0.278 e. The monoisotopic (exact) mass is 393 g/mol. The molecule has 2 heterocycles. The predicted octanol–water partition coefficient (Wildman–Crippen LogP) is 3.21. The molecule has 0 radical (unpaired) electrons. The molecule has 1 saturated carbocycles. The van der Waals surface area contributed by atoms with E-state index in [1.54, 1.807) is 11.6 Å². The van der Waals surface area contributed by atoms with Gasteiger partial charge in [-0.2, -0.15) is 10.2 Å². The van der Waals surface area contributed by atoms with Gasteiger partial charge in [0.2, 0.25) is 5.91 Å². The van der Waals surface area contributed by atoms with Gasteiger partial charge in [0, 0.05) is 6.04 Å². The van der Waals surface area contributed by atoms with Crippen LogP contribution in [0, 0.1) is 13.8 Å². The first kappa shape index (κ1) is 19.4. The number of hydrogen-bond acceptors (Lipinski definition) is 4. The van der Waals surface area contributed by atoms with Crippen LogP contribution >= 0.6 is 0 Å². The summed E-state index contributed by atoms with van der Waals surface area (Å²) < 4.78 is 3.07. The van der Waals surface area contributed by atoms with Crippen LogP contribution in [0.1, 0.15) is 56.5 Å². The third-order valence-electron chi connectivity index (χ3n) is 5.84. The van der Waals surface area contributed by atoms with Gasteiger partial charge < -0.3 is 5.32 Å². The van der Waals surface area contributed by atoms with E-state index in [0.29, 0.717) is 16.6 Å². The number of rotatable bonds is 4. The molecule has 1 N–H and O–H groups in total. The van der Waals surface area contributed by atoms with Crippen LogP contribution < -0.4 is 10.9 Å². The van der Waals surface area contributed by atoms with E-state index in [4.69, 9.17) is 0 Å². The molecule has 1 amide bonds. The summed E-state index contributed by atoms with van der Waals surface area (Å²) in [6, 6.07) is 9.22. The lowest BCUT2D eigenvalue weighted by molar-refractivity contribution is -0.125. The van der Waals surface area contributed by atoms with Gasteiger partial charge in [0.25, 0.3) is 5.56 Å². The fourth-order valence-electron chi connectivity index (χ4n) is 4.14. The lowest BCUT2D eigenvalue weighted by atomic mass is 9.95. The maximum absolute atomic E-state index is 13.3. The fraction of sp³-hybridized carbons (Fsp3) is 0.455. The van der Waals surface area contributed by atoms with Crippen molar-refractivity contribution in [3.63, 3.8) is 0 Å². The van der Waals surface area contributed by atoms with Gasteiger partial charge in [-0.15, -0.1) is 0 Å². The molecule has 7 heteroatoms. The number of fused-ring (bicyclic) bond motifs is 1. The number of amides is 1. The minimum absolute atomic E-state index is 0.154. The number of hydrogen-bond donors (Lipinski definition) is 1. The van der Waals surface area contributed by atoms with Gasteiger partial charge in [0.05, 0.1) is 22.5 Å². The van der Waals surface area contributed by atoms with Crippen molar-refractivity contribution in [2.45, 2.75) is 65.0 Å². The third-order valence-corrected chi connectivity index (χ3v) is 5.84. The highest BCUT2D eigenvalue weighted by atomic mass is 16.2. The highest BCUT2D eigenvalue weighted by molar-refractivity contribution is 5.84. The maximum atomic E-state index is 13.3. The topological polar surface area (TPSA) is 81.8 Å². The SMILES string of the molecule is Cc1nn([C@@H](C)C(=O)NC2CCCCC2)c(=O)c2c(C)n(-c3ccccc3)nc12. The summed E-state index contributed by atoms with van der Waals surface area (Å²) in [5.41, 5.74) is 2.56. The summed E-state index contributed by atoms with van der Waals surface area (Å²) in [4.78, 5) is 26.0. The van der Waals surface area contributed by atoms with Crippen molar-refractivity contribution in [2.75, 3.05) is 0 Å². The van der Waals surface area contributed by atoms with Gasteiger partial charge in [0.1, 0.15) is 11.6 Å². The molecular weight excluding hydrogens is 366 g/mol. The fourth-order valence-corrected chi connectivity index (χ4v) is 4.14. The Labute approximate surface area is 169 Å². The third kappa shape index (κ3) is 3.57. The first-order chi connectivity index (χ1) is 14.0. The van der Waals surface area contributed by atoms with E-state index in [2.05, 4.69) is 15.5 Å². The average Bonchev–Trinajstić information content (AvgIpc) is 3.09. The largest absolute Gasteiger partial charge is 0.352 e. The van der Waals surface area contributed by atoms with Gasteiger partial charge in [-0.25, -0.2) is 9.36 Å². The average molecular weight is 393 g/mol. The van der Waals surface area contributed by atoms with Crippen molar-refractivity contribution in [1.29, 1.82) is 0 Å². The summed E-state index contributed by atoms with van der Waals surface area (Å²) in [6.07, 6.45) is 5.51. The molecule has 1 aliphatic carbocycles. The second-order valence-electron chi connectivity index (χ2n) is 7.91. The number of benzene rings is 1. The van der Waals surface area contributed by atoms with Crippen LogP contribution in [0.15, 0.2) is 35.1 Å². The minimum Gasteiger partial charge on any atom is -0.352 e. The summed E-state index contributed by atoms with van der Waals surface area (Å²) in [5.74, 6) is -0.154. The van der Waals surface area contributed by atoms with Crippen LogP contribution in [-0.2, 0) is 4.79 Å². The molecule has 0 unspecified atom stereocenters. The first-order valence-corrected chi connectivity index (χ1v) is 10.3. The molecule has 3 aromatic rings. The molecule has 0 bridgehead atoms. The molecule has 29 heavy (non-hydrogen) atoms. The van der Waals surface area contributed by atoms with Crippen molar-refractivity contribution >= 4 is 16.8 Å². The number of carbonyl (C=O) groups excluding carboxylic acids is 1. The molecule has 1 aromatic carbocycles. The Kier molecular flexibility index (Phi) is 5.22. The van der Waals surface area contributed by atoms with Crippen LogP contribution in [-0.4, -0.2) is 31.5 Å². The van der Waals surface area contributed by atoms with Crippen LogP contribution in [0.3, 0.4) is 0 Å². The number of nitrogens with zero attached hydrogens (tertiary/aromatic N) is 4. The lowest BCUT2D eigenvalue weighted by Gasteiger charge is -2.24. The second-order valence-corrected chi connectivity index (χ2v) is 7.91. The van der Waals surface area contributed by atoms with E-state index in [-0.39, 0.29) is 17.5 Å². The first-order valence-electron chi connectivity index (χ1n) is 10.3. The molecule has 2 aromatic heterocycles. The number of para-hydroxylation sites is 1. The summed E-state index contributed by atoms with van der Waals surface area (Å²) >= 11 is 0. The van der Waals surface area contributed by atoms with Gasteiger partial charge in [-0.05, 0) is 45.7 Å². The molecule has 4 rings (SSSR count). The zero-order chi connectivity index (χ0) is 20.5. The summed E-state index contributed by atoms with van der Waals surface area (Å²) in [7, 11) is 0. The number of aryl methyl sites for hydroxylation is 2. The molecular formula is C22H27N5O2. The van der Waals surface area contributed by atoms with Gasteiger partial charge >= 0.3 is 0 Å². The van der Waals surface area contributed by atoms with E-state index in [0.717, 1.165) is 37.1 Å². The standard InChI is InChI=1S/C22H27N5O2/c1-14-20-19(15(2)26(25-20)18-12-8-5-9-13-18)22(29)27(24-14)16(3)21(28)23-17-10-6-4-7-11-17/h5,8-9,12-13,16-17H,4,6-7,10-11H2,1-3H3,(H,23,28)/t16-/m0/s1. The molecule has 0 saturated heterocycles. The lowest BCUT2D eigenvalue weighted by Crippen LogP contribution is -2.42. The second kappa shape index (κ2) is 7.81. The van der Waals surface area contributed by atoms with Crippen molar-refractivity contribution in [2.24, 2.45) is 0 Å². The van der Waals surface area contributed by atoms with E-state index < -0.39 is 6.04 Å². The molecule has 1 aliphatic rings. The number of aromatic nitrogens is 4. The van der Waals surface area contributed by atoms with Crippen LogP contribution in [0.25, 0.3) is 16.6 Å². The molecule has 1 atom stereocenters. The van der Waals surface area contributed by atoms with E-state index >= 15 is 0 Å². The van der Waals surface area contributed by atoms with E-state index in [1.807, 2.05) is 44.2 Å². The predicted molar refractivity (Wildman–Crippen MR) is 112 cm³/mol. The Morgan fingerprint density at radius 1 is 1.10 bits per heavy atom.